The molecular formula is C17H16ClN3. The van der Waals surface area contributed by atoms with Crippen molar-refractivity contribution in [3.63, 3.8) is 0 Å². The number of nitrogens with two attached hydrogens (primary N) is 1. The maximum Gasteiger partial charge on any atom is 0.0717 e. The molecule has 3 rings (SSSR count). The number of pyridine rings is 1. The van der Waals surface area contributed by atoms with Crippen molar-refractivity contribution in [3.05, 3.63) is 76.6 Å². The molecule has 1 atom stereocenters. The van der Waals surface area contributed by atoms with Gasteiger partial charge in [0.2, 0.25) is 0 Å². The molecule has 0 spiro atoms. The SMILES string of the molecule is Cc1cc(Cl)cc(C(NN)c2cccc3ccncc23)c1. The van der Waals surface area contributed by atoms with Crippen LogP contribution in [0.3, 0.4) is 0 Å². The van der Waals surface area contributed by atoms with Crippen molar-refractivity contribution in [2.45, 2.75) is 13.0 Å². The fraction of sp³-hybridized carbons (Fsp3) is 0.118. The van der Waals surface area contributed by atoms with Gasteiger partial charge in [-0.3, -0.25) is 10.8 Å². The molecule has 3 N–H and O–H groups in total. The van der Waals surface area contributed by atoms with Crippen LogP contribution < -0.4 is 11.3 Å². The van der Waals surface area contributed by atoms with E-state index in [2.05, 4.69) is 28.6 Å². The molecule has 0 radical (unpaired) electrons. The molecule has 0 fully saturated rings. The molecule has 3 nitrogen and oxygen atoms in total. The largest absolute Gasteiger partial charge is 0.271 e. The van der Waals surface area contributed by atoms with Gasteiger partial charge < -0.3 is 0 Å². The summed E-state index contributed by atoms with van der Waals surface area (Å²) in [7, 11) is 0. The molecule has 4 heteroatoms. The number of hydrogen-bond donors (Lipinski definition) is 2. The topological polar surface area (TPSA) is 50.9 Å². The third kappa shape index (κ3) is 2.76. The monoisotopic (exact) mass is 297 g/mol. The van der Waals surface area contributed by atoms with E-state index in [-0.39, 0.29) is 6.04 Å². The fourth-order valence-corrected chi connectivity index (χ4v) is 2.98. The lowest BCUT2D eigenvalue weighted by atomic mass is 9.94. The Kier molecular flexibility index (Phi) is 3.88. The van der Waals surface area contributed by atoms with Crippen LogP contribution in [0.5, 0.6) is 0 Å². The summed E-state index contributed by atoms with van der Waals surface area (Å²) < 4.78 is 0. The zero-order valence-corrected chi connectivity index (χ0v) is 12.4. The van der Waals surface area contributed by atoms with Crippen molar-refractivity contribution in [1.29, 1.82) is 0 Å². The number of rotatable bonds is 3. The first-order valence-corrected chi connectivity index (χ1v) is 7.12. The predicted molar refractivity (Wildman–Crippen MR) is 87.1 cm³/mol. The van der Waals surface area contributed by atoms with Gasteiger partial charge >= 0.3 is 0 Å². The summed E-state index contributed by atoms with van der Waals surface area (Å²) in [6.07, 6.45) is 3.66. The van der Waals surface area contributed by atoms with Gasteiger partial charge in [-0.2, -0.15) is 0 Å². The Balaban J connectivity index is 2.18. The molecule has 0 aliphatic carbocycles. The molecule has 106 valence electrons. The van der Waals surface area contributed by atoms with E-state index in [0.717, 1.165) is 27.5 Å². The van der Waals surface area contributed by atoms with Gasteiger partial charge in [-0.05, 0) is 47.2 Å². The number of hydrazine groups is 1. The number of aryl methyl sites for hydroxylation is 1. The van der Waals surface area contributed by atoms with Crippen molar-refractivity contribution in [2.75, 3.05) is 0 Å². The standard InChI is InChI=1S/C17H16ClN3/c1-11-7-13(9-14(18)8-11)17(21-19)15-4-2-3-12-5-6-20-10-16(12)15/h2-10,17,21H,19H2,1H3. The second-order valence-electron chi connectivity index (χ2n) is 5.11. The number of nitrogens with zero attached hydrogens (tertiary/aromatic N) is 1. The Morgan fingerprint density at radius 1 is 1.19 bits per heavy atom. The third-order valence-electron chi connectivity index (χ3n) is 3.59. The maximum atomic E-state index is 6.18. The quantitative estimate of drug-likeness (QED) is 0.572. The number of halogens is 1. The number of hydrogen-bond acceptors (Lipinski definition) is 3. The highest BCUT2D eigenvalue weighted by molar-refractivity contribution is 6.30. The van der Waals surface area contributed by atoms with Crippen LogP contribution in [0.15, 0.2) is 54.9 Å². The Bertz CT molecular complexity index is 760. The van der Waals surface area contributed by atoms with E-state index in [1.807, 2.05) is 37.4 Å². The van der Waals surface area contributed by atoms with E-state index in [9.17, 15) is 0 Å². The summed E-state index contributed by atoms with van der Waals surface area (Å²) in [6.45, 7) is 2.02. The maximum absolute atomic E-state index is 6.18. The normalized spacial score (nSPS) is 12.5. The van der Waals surface area contributed by atoms with Crippen molar-refractivity contribution in [2.24, 2.45) is 5.84 Å². The first-order chi connectivity index (χ1) is 10.2. The van der Waals surface area contributed by atoms with E-state index in [1.54, 1.807) is 6.20 Å². The summed E-state index contributed by atoms with van der Waals surface area (Å²) in [5.74, 6) is 5.81. The number of aromatic nitrogens is 1. The van der Waals surface area contributed by atoms with Crippen LogP contribution >= 0.6 is 11.6 Å². The zero-order valence-electron chi connectivity index (χ0n) is 11.7. The minimum Gasteiger partial charge on any atom is -0.271 e. The Morgan fingerprint density at radius 2 is 2.05 bits per heavy atom. The van der Waals surface area contributed by atoms with Crippen LogP contribution in [-0.2, 0) is 0 Å². The van der Waals surface area contributed by atoms with E-state index < -0.39 is 0 Å². The average molecular weight is 298 g/mol. The summed E-state index contributed by atoms with van der Waals surface area (Å²) in [6, 6.07) is 14.0. The summed E-state index contributed by atoms with van der Waals surface area (Å²) in [5.41, 5.74) is 6.13. The molecule has 0 aliphatic rings. The smallest absolute Gasteiger partial charge is 0.0717 e. The van der Waals surface area contributed by atoms with Crippen LogP contribution in [-0.4, -0.2) is 4.98 Å². The molecule has 1 aromatic heterocycles. The van der Waals surface area contributed by atoms with E-state index in [0.29, 0.717) is 5.02 Å². The minimum atomic E-state index is -0.129. The third-order valence-corrected chi connectivity index (χ3v) is 3.81. The van der Waals surface area contributed by atoms with Gasteiger partial charge in [0, 0.05) is 22.8 Å². The summed E-state index contributed by atoms with van der Waals surface area (Å²) >= 11 is 6.18. The van der Waals surface area contributed by atoms with Crippen molar-refractivity contribution < 1.29 is 0 Å². The van der Waals surface area contributed by atoms with Crippen molar-refractivity contribution in [1.82, 2.24) is 10.4 Å². The van der Waals surface area contributed by atoms with Crippen LogP contribution in [0.1, 0.15) is 22.7 Å². The lowest BCUT2D eigenvalue weighted by Crippen LogP contribution is -2.29. The molecule has 0 amide bonds. The minimum absolute atomic E-state index is 0.129. The van der Waals surface area contributed by atoms with Gasteiger partial charge in [-0.1, -0.05) is 35.9 Å². The van der Waals surface area contributed by atoms with Crippen molar-refractivity contribution >= 4 is 22.4 Å². The Hall–Kier alpha value is -1.94. The van der Waals surface area contributed by atoms with Crippen molar-refractivity contribution in [3.8, 4) is 0 Å². The molecule has 3 aromatic rings. The van der Waals surface area contributed by atoms with Gasteiger partial charge in [0.25, 0.3) is 0 Å². The van der Waals surface area contributed by atoms with E-state index >= 15 is 0 Å². The van der Waals surface area contributed by atoms with Crippen LogP contribution in [0.2, 0.25) is 5.02 Å². The molecule has 21 heavy (non-hydrogen) atoms. The number of benzene rings is 2. The zero-order chi connectivity index (χ0) is 14.8. The highest BCUT2D eigenvalue weighted by atomic mass is 35.5. The van der Waals surface area contributed by atoms with E-state index in [1.165, 1.54) is 0 Å². The average Bonchev–Trinajstić information content (AvgIpc) is 2.47. The lowest BCUT2D eigenvalue weighted by molar-refractivity contribution is 0.640. The van der Waals surface area contributed by atoms with Crippen LogP contribution in [0.25, 0.3) is 10.8 Å². The van der Waals surface area contributed by atoms with Crippen LogP contribution in [0, 0.1) is 6.92 Å². The Morgan fingerprint density at radius 3 is 2.81 bits per heavy atom. The van der Waals surface area contributed by atoms with Gasteiger partial charge in [-0.15, -0.1) is 0 Å². The lowest BCUT2D eigenvalue weighted by Gasteiger charge is -2.19. The summed E-state index contributed by atoms with van der Waals surface area (Å²) in [4.78, 5) is 4.22. The molecule has 0 aliphatic heterocycles. The van der Waals surface area contributed by atoms with Crippen LogP contribution in [0.4, 0.5) is 0 Å². The second kappa shape index (κ2) is 5.82. The van der Waals surface area contributed by atoms with Gasteiger partial charge in [0.1, 0.15) is 0 Å². The number of fused-ring (bicyclic) bond motifs is 1. The molecule has 0 saturated heterocycles. The molecule has 1 unspecified atom stereocenters. The molecular weight excluding hydrogens is 282 g/mol. The second-order valence-corrected chi connectivity index (χ2v) is 5.54. The summed E-state index contributed by atoms with van der Waals surface area (Å²) in [5, 5.41) is 2.94. The molecule has 0 saturated carbocycles. The number of nitrogens with one attached hydrogen (secondary N) is 1. The van der Waals surface area contributed by atoms with E-state index in [4.69, 9.17) is 17.4 Å². The fourth-order valence-electron chi connectivity index (χ4n) is 2.69. The Labute approximate surface area is 128 Å². The highest BCUT2D eigenvalue weighted by Gasteiger charge is 2.16. The van der Waals surface area contributed by atoms with Gasteiger partial charge in [0.15, 0.2) is 0 Å². The highest BCUT2D eigenvalue weighted by Crippen LogP contribution is 2.30. The molecule has 2 aromatic carbocycles. The predicted octanol–water partition coefficient (Wildman–Crippen LogP) is 3.75. The van der Waals surface area contributed by atoms with Gasteiger partial charge in [-0.25, -0.2) is 5.43 Å². The first kappa shape index (κ1) is 14.0. The molecule has 0 bridgehead atoms. The molecule has 1 heterocycles. The first-order valence-electron chi connectivity index (χ1n) is 6.75. The van der Waals surface area contributed by atoms with Gasteiger partial charge in [0.05, 0.1) is 6.04 Å².